The first-order valence-corrected chi connectivity index (χ1v) is 7.83. The number of ether oxygens (including phenoxy) is 1. The third-order valence-electron chi connectivity index (χ3n) is 3.86. The van der Waals surface area contributed by atoms with Gasteiger partial charge < -0.3 is 14.5 Å². The summed E-state index contributed by atoms with van der Waals surface area (Å²) >= 11 is 5.85. The Balaban J connectivity index is 2.00. The maximum atomic E-state index is 5.85. The van der Waals surface area contributed by atoms with E-state index in [9.17, 15) is 0 Å². The normalized spacial score (nSPS) is 17.6. The minimum Gasteiger partial charge on any atom is -0.445 e. The molecule has 1 heterocycles. The van der Waals surface area contributed by atoms with E-state index in [4.69, 9.17) is 20.8 Å². The van der Waals surface area contributed by atoms with Gasteiger partial charge in [-0.1, -0.05) is 19.3 Å². The van der Waals surface area contributed by atoms with Gasteiger partial charge in [-0.25, -0.2) is 0 Å². The Morgan fingerprint density at radius 1 is 1.40 bits per heavy atom. The number of hydrogen-bond acceptors (Lipinski definition) is 3. The molecule has 1 fully saturated rings. The topological polar surface area (TPSA) is 34.4 Å². The van der Waals surface area contributed by atoms with Crippen molar-refractivity contribution in [3.8, 4) is 0 Å². The third kappa shape index (κ3) is 4.97. The molecular formula is C16H24ClNO2. The van der Waals surface area contributed by atoms with Crippen LogP contribution in [0, 0.1) is 5.92 Å². The Hall–Kier alpha value is -0.770. The zero-order chi connectivity index (χ0) is 14.2. The van der Waals surface area contributed by atoms with E-state index in [0.717, 1.165) is 25.5 Å². The van der Waals surface area contributed by atoms with Gasteiger partial charge in [0.15, 0.2) is 5.22 Å². The van der Waals surface area contributed by atoms with Crippen molar-refractivity contribution in [1.29, 1.82) is 0 Å². The summed E-state index contributed by atoms with van der Waals surface area (Å²) in [6, 6.07) is 3.73. The average Bonchev–Trinajstić information content (AvgIpc) is 2.88. The van der Waals surface area contributed by atoms with Crippen molar-refractivity contribution < 1.29 is 9.15 Å². The molecule has 1 aromatic heterocycles. The first kappa shape index (κ1) is 15.6. The van der Waals surface area contributed by atoms with Gasteiger partial charge in [0.2, 0.25) is 0 Å². The van der Waals surface area contributed by atoms with Gasteiger partial charge in [-0.2, -0.15) is 0 Å². The highest BCUT2D eigenvalue weighted by Gasteiger charge is 2.18. The van der Waals surface area contributed by atoms with Crippen molar-refractivity contribution in [2.45, 2.75) is 32.1 Å². The molecule has 0 bridgehead atoms. The van der Waals surface area contributed by atoms with E-state index in [-0.39, 0.29) is 0 Å². The summed E-state index contributed by atoms with van der Waals surface area (Å²) in [5.41, 5.74) is 1.42. The van der Waals surface area contributed by atoms with Gasteiger partial charge in [0, 0.05) is 20.2 Å². The third-order valence-corrected chi connectivity index (χ3v) is 4.07. The summed E-state index contributed by atoms with van der Waals surface area (Å²) < 4.78 is 10.5. The number of halogens is 1. The molecular weight excluding hydrogens is 274 g/mol. The molecule has 4 heteroatoms. The number of nitrogens with one attached hydrogen (secondary N) is 1. The molecule has 0 aliphatic heterocycles. The maximum Gasteiger partial charge on any atom is 0.193 e. The molecule has 112 valence electrons. The van der Waals surface area contributed by atoms with Gasteiger partial charge >= 0.3 is 0 Å². The monoisotopic (exact) mass is 297 g/mol. The first-order valence-electron chi connectivity index (χ1n) is 7.45. The predicted molar refractivity (Wildman–Crippen MR) is 83.0 cm³/mol. The fourth-order valence-corrected chi connectivity index (χ4v) is 2.93. The van der Waals surface area contributed by atoms with Crippen LogP contribution in [0.25, 0.3) is 6.08 Å². The zero-order valence-electron chi connectivity index (χ0n) is 12.2. The summed E-state index contributed by atoms with van der Waals surface area (Å²) in [6.07, 6.45) is 8.76. The predicted octanol–water partition coefficient (Wildman–Crippen LogP) is 4.13. The van der Waals surface area contributed by atoms with Crippen LogP contribution in [-0.4, -0.2) is 26.8 Å². The number of furan rings is 1. The molecule has 1 aliphatic rings. The molecule has 0 saturated heterocycles. The molecule has 1 aromatic rings. The van der Waals surface area contributed by atoms with Crippen molar-refractivity contribution in [2.75, 3.05) is 26.8 Å². The molecule has 1 N–H and O–H groups in total. The van der Waals surface area contributed by atoms with Gasteiger partial charge in [-0.3, -0.25) is 0 Å². The van der Waals surface area contributed by atoms with Gasteiger partial charge in [0.1, 0.15) is 5.76 Å². The van der Waals surface area contributed by atoms with Crippen LogP contribution in [0.3, 0.4) is 0 Å². The number of rotatable bonds is 7. The van der Waals surface area contributed by atoms with Crippen molar-refractivity contribution in [2.24, 2.45) is 5.92 Å². The quantitative estimate of drug-likeness (QED) is 0.768. The molecule has 0 amide bonds. The van der Waals surface area contributed by atoms with Gasteiger partial charge in [0.05, 0.1) is 6.61 Å². The van der Waals surface area contributed by atoms with Crippen LogP contribution >= 0.6 is 11.6 Å². The number of methoxy groups -OCH3 is 1. The first-order chi connectivity index (χ1) is 9.79. The lowest BCUT2D eigenvalue weighted by Crippen LogP contribution is -2.25. The maximum absolute atomic E-state index is 5.85. The van der Waals surface area contributed by atoms with E-state index in [1.807, 2.05) is 6.07 Å². The second-order valence-electron chi connectivity index (χ2n) is 5.37. The van der Waals surface area contributed by atoms with Crippen molar-refractivity contribution >= 4 is 17.7 Å². The Labute approximate surface area is 126 Å². The Kier molecular flexibility index (Phi) is 6.64. The van der Waals surface area contributed by atoms with Crippen LogP contribution in [0.4, 0.5) is 0 Å². The van der Waals surface area contributed by atoms with Crippen LogP contribution in [0.15, 0.2) is 22.1 Å². The van der Waals surface area contributed by atoms with Gasteiger partial charge in [-0.05, 0) is 54.1 Å². The highest BCUT2D eigenvalue weighted by atomic mass is 35.5. The van der Waals surface area contributed by atoms with Crippen LogP contribution < -0.4 is 5.32 Å². The fraction of sp³-hybridized carbons (Fsp3) is 0.625. The van der Waals surface area contributed by atoms with Crippen molar-refractivity contribution in [3.05, 3.63) is 28.7 Å². The SMILES string of the molecule is COCCNC/C(=C/c1ccc(Cl)o1)C1CCCCC1. The second kappa shape index (κ2) is 8.50. The van der Waals surface area contributed by atoms with Gasteiger partial charge in [0.25, 0.3) is 0 Å². The van der Waals surface area contributed by atoms with Crippen molar-refractivity contribution in [3.63, 3.8) is 0 Å². The lowest BCUT2D eigenvalue weighted by atomic mass is 9.83. The molecule has 20 heavy (non-hydrogen) atoms. The molecule has 2 rings (SSSR count). The minimum atomic E-state index is 0.451. The van der Waals surface area contributed by atoms with E-state index in [0.29, 0.717) is 11.1 Å². The lowest BCUT2D eigenvalue weighted by molar-refractivity contribution is 0.200. The summed E-state index contributed by atoms with van der Waals surface area (Å²) in [4.78, 5) is 0. The lowest BCUT2D eigenvalue weighted by Gasteiger charge is -2.24. The van der Waals surface area contributed by atoms with Crippen LogP contribution in [-0.2, 0) is 4.74 Å². The molecule has 3 nitrogen and oxygen atoms in total. The fourth-order valence-electron chi connectivity index (χ4n) is 2.78. The highest BCUT2D eigenvalue weighted by Crippen LogP contribution is 2.31. The largest absolute Gasteiger partial charge is 0.445 e. The summed E-state index contributed by atoms with van der Waals surface area (Å²) in [5.74, 6) is 1.52. The molecule has 0 radical (unpaired) electrons. The van der Waals surface area contributed by atoms with Crippen LogP contribution in [0.1, 0.15) is 37.9 Å². The van der Waals surface area contributed by atoms with E-state index >= 15 is 0 Å². The highest BCUT2D eigenvalue weighted by molar-refractivity contribution is 6.28. The summed E-state index contributed by atoms with van der Waals surface area (Å²) in [6.45, 7) is 2.51. The molecule has 0 spiro atoms. The minimum absolute atomic E-state index is 0.451. The average molecular weight is 298 g/mol. The Bertz CT molecular complexity index is 422. The molecule has 0 unspecified atom stereocenters. The van der Waals surface area contributed by atoms with E-state index in [2.05, 4.69) is 11.4 Å². The molecule has 1 aliphatic carbocycles. The van der Waals surface area contributed by atoms with Crippen LogP contribution in [0.2, 0.25) is 5.22 Å². The van der Waals surface area contributed by atoms with E-state index in [1.54, 1.807) is 13.2 Å². The smallest absolute Gasteiger partial charge is 0.193 e. The van der Waals surface area contributed by atoms with E-state index in [1.165, 1.54) is 37.7 Å². The van der Waals surface area contributed by atoms with E-state index < -0.39 is 0 Å². The molecule has 0 aromatic carbocycles. The van der Waals surface area contributed by atoms with Crippen molar-refractivity contribution in [1.82, 2.24) is 5.32 Å². The zero-order valence-corrected chi connectivity index (χ0v) is 12.9. The standard InChI is InChI=1S/C16H24ClNO2/c1-19-10-9-18-12-14(13-5-3-2-4-6-13)11-15-7-8-16(17)20-15/h7-8,11,13,18H,2-6,9-10,12H2,1H3/b14-11-. The van der Waals surface area contributed by atoms with Gasteiger partial charge in [-0.15, -0.1) is 0 Å². The Morgan fingerprint density at radius 2 is 2.20 bits per heavy atom. The molecule has 0 atom stereocenters. The Morgan fingerprint density at radius 3 is 2.85 bits per heavy atom. The van der Waals surface area contributed by atoms with Crippen LogP contribution in [0.5, 0.6) is 0 Å². The summed E-state index contributed by atoms with van der Waals surface area (Å²) in [5, 5.41) is 3.89. The number of hydrogen-bond donors (Lipinski definition) is 1. The second-order valence-corrected chi connectivity index (χ2v) is 5.74. The molecule has 1 saturated carbocycles. The summed E-state index contributed by atoms with van der Waals surface area (Å²) in [7, 11) is 1.73.